The van der Waals surface area contributed by atoms with Gasteiger partial charge in [-0.15, -0.1) is 0 Å². The van der Waals surface area contributed by atoms with Crippen LogP contribution in [0.4, 0.5) is 11.4 Å². The average molecular weight is 280 g/mol. The number of benzene rings is 1. The highest BCUT2D eigenvalue weighted by atomic mass is 15.3. The number of rotatable bonds is 3. The Morgan fingerprint density at radius 2 is 1.95 bits per heavy atom. The van der Waals surface area contributed by atoms with E-state index >= 15 is 0 Å². The first-order valence-electron chi connectivity index (χ1n) is 7.55. The number of nitrogens with two attached hydrogens (primary N) is 1. The monoisotopic (exact) mass is 280 g/mol. The maximum Gasteiger partial charge on any atom is 0.0576 e. The average Bonchev–Trinajstić information content (AvgIpc) is 3.08. The van der Waals surface area contributed by atoms with Gasteiger partial charge in [0.05, 0.1) is 17.6 Å². The minimum atomic E-state index is 0.599. The summed E-state index contributed by atoms with van der Waals surface area (Å²) in [6.07, 6.45) is 4.89. The first-order valence-corrected chi connectivity index (χ1v) is 7.55. The van der Waals surface area contributed by atoms with E-state index in [1.165, 1.54) is 17.7 Å². The number of anilines is 2. The maximum absolute atomic E-state index is 5.85. The summed E-state index contributed by atoms with van der Waals surface area (Å²) in [7, 11) is 0. The molecule has 2 saturated heterocycles. The molecule has 1 aromatic heterocycles. The Morgan fingerprint density at radius 1 is 1.10 bits per heavy atom. The number of nitrogen functional groups attached to an aromatic ring is 1. The molecule has 2 aliphatic heterocycles. The molecule has 2 aromatic rings. The van der Waals surface area contributed by atoms with Gasteiger partial charge in [0.2, 0.25) is 0 Å². The van der Waals surface area contributed by atoms with Crippen molar-refractivity contribution in [3.05, 3.63) is 54.4 Å². The molecular formula is C17H20N4. The summed E-state index contributed by atoms with van der Waals surface area (Å²) < 4.78 is 0. The van der Waals surface area contributed by atoms with Crippen LogP contribution in [0.3, 0.4) is 0 Å². The van der Waals surface area contributed by atoms with Crippen LogP contribution in [0, 0.1) is 0 Å². The predicted molar refractivity (Wildman–Crippen MR) is 85.0 cm³/mol. The van der Waals surface area contributed by atoms with Crippen molar-refractivity contribution in [2.24, 2.45) is 0 Å². The van der Waals surface area contributed by atoms with Crippen LogP contribution in [0.5, 0.6) is 0 Å². The van der Waals surface area contributed by atoms with Gasteiger partial charge in [-0.25, -0.2) is 0 Å². The third kappa shape index (κ3) is 2.36. The second kappa shape index (κ2) is 5.04. The molecule has 108 valence electrons. The fourth-order valence-electron chi connectivity index (χ4n) is 3.68. The molecule has 2 bridgehead atoms. The molecule has 2 unspecified atom stereocenters. The molecule has 0 spiro atoms. The molecule has 2 atom stereocenters. The zero-order valence-electron chi connectivity index (χ0n) is 12.0. The van der Waals surface area contributed by atoms with Crippen LogP contribution in [0.25, 0.3) is 0 Å². The van der Waals surface area contributed by atoms with Gasteiger partial charge in [-0.3, -0.25) is 9.88 Å². The lowest BCUT2D eigenvalue weighted by Crippen LogP contribution is -2.46. The molecule has 1 aromatic carbocycles. The molecule has 2 N–H and O–H groups in total. The SMILES string of the molecule is Nc1cncc(N2CC3CC2CN3Cc2ccccc2)c1. The highest BCUT2D eigenvalue weighted by Crippen LogP contribution is 2.35. The highest BCUT2D eigenvalue weighted by molar-refractivity contribution is 5.55. The minimum Gasteiger partial charge on any atom is -0.397 e. The number of hydrogen-bond acceptors (Lipinski definition) is 4. The van der Waals surface area contributed by atoms with Crippen molar-refractivity contribution in [1.29, 1.82) is 0 Å². The van der Waals surface area contributed by atoms with E-state index in [0.29, 0.717) is 12.1 Å². The van der Waals surface area contributed by atoms with Gasteiger partial charge in [-0.05, 0) is 18.1 Å². The van der Waals surface area contributed by atoms with Crippen molar-refractivity contribution in [3.63, 3.8) is 0 Å². The fraction of sp³-hybridized carbons (Fsp3) is 0.353. The van der Waals surface area contributed by atoms with E-state index in [9.17, 15) is 0 Å². The lowest BCUT2D eigenvalue weighted by atomic mass is 10.2. The molecule has 0 aliphatic carbocycles. The topological polar surface area (TPSA) is 45.4 Å². The first kappa shape index (κ1) is 12.7. The quantitative estimate of drug-likeness (QED) is 0.935. The molecule has 4 heteroatoms. The smallest absolute Gasteiger partial charge is 0.0576 e. The van der Waals surface area contributed by atoms with Crippen LogP contribution in [-0.2, 0) is 6.54 Å². The summed E-state index contributed by atoms with van der Waals surface area (Å²) in [5, 5.41) is 0. The van der Waals surface area contributed by atoms with E-state index in [1.54, 1.807) is 6.20 Å². The predicted octanol–water partition coefficient (Wildman–Crippen LogP) is 2.13. The van der Waals surface area contributed by atoms with E-state index < -0.39 is 0 Å². The van der Waals surface area contributed by atoms with Gasteiger partial charge in [-0.1, -0.05) is 30.3 Å². The van der Waals surface area contributed by atoms with Crippen molar-refractivity contribution in [3.8, 4) is 0 Å². The van der Waals surface area contributed by atoms with Crippen molar-refractivity contribution >= 4 is 11.4 Å². The summed E-state index contributed by atoms with van der Waals surface area (Å²) in [5.41, 5.74) is 9.17. The number of hydrogen-bond donors (Lipinski definition) is 1. The molecule has 2 fully saturated rings. The van der Waals surface area contributed by atoms with Gasteiger partial charge >= 0.3 is 0 Å². The van der Waals surface area contributed by atoms with Gasteiger partial charge in [0.1, 0.15) is 0 Å². The highest BCUT2D eigenvalue weighted by Gasteiger charge is 2.43. The Kier molecular flexibility index (Phi) is 3.04. The molecule has 3 heterocycles. The Bertz CT molecular complexity index is 628. The Morgan fingerprint density at radius 3 is 2.67 bits per heavy atom. The largest absolute Gasteiger partial charge is 0.397 e. The number of piperazine rings is 1. The third-order valence-corrected chi connectivity index (χ3v) is 4.66. The molecule has 4 nitrogen and oxygen atoms in total. The van der Waals surface area contributed by atoms with Crippen LogP contribution < -0.4 is 10.6 Å². The molecular weight excluding hydrogens is 260 g/mol. The summed E-state index contributed by atoms with van der Waals surface area (Å²) in [6, 6.07) is 14.0. The molecule has 0 amide bonds. The van der Waals surface area contributed by atoms with E-state index in [1.807, 2.05) is 12.3 Å². The number of likely N-dealkylation sites (tertiary alicyclic amines) is 1. The van der Waals surface area contributed by atoms with Crippen LogP contribution in [0.15, 0.2) is 48.8 Å². The molecule has 0 radical (unpaired) electrons. The zero-order chi connectivity index (χ0) is 14.2. The molecule has 4 rings (SSSR count). The standard InChI is InChI=1S/C17H20N4/c18-14-6-15(9-19-8-14)21-12-16-7-17(21)11-20(16)10-13-4-2-1-3-5-13/h1-6,8-9,16-17H,7,10-12,18H2. The van der Waals surface area contributed by atoms with E-state index in [-0.39, 0.29) is 0 Å². The second-order valence-corrected chi connectivity index (χ2v) is 6.09. The molecule has 21 heavy (non-hydrogen) atoms. The lowest BCUT2D eigenvalue weighted by molar-refractivity contribution is 0.230. The van der Waals surface area contributed by atoms with Crippen molar-refractivity contribution in [2.75, 3.05) is 23.7 Å². The van der Waals surface area contributed by atoms with Crippen molar-refractivity contribution < 1.29 is 0 Å². The first-order chi connectivity index (χ1) is 10.3. The summed E-state index contributed by atoms with van der Waals surface area (Å²) in [5.74, 6) is 0. The van der Waals surface area contributed by atoms with E-state index in [4.69, 9.17) is 5.73 Å². The van der Waals surface area contributed by atoms with Gasteiger partial charge in [0, 0.05) is 37.9 Å². The fourth-order valence-corrected chi connectivity index (χ4v) is 3.68. The van der Waals surface area contributed by atoms with Gasteiger partial charge in [-0.2, -0.15) is 0 Å². The lowest BCUT2D eigenvalue weighted by Gasteiger charge is -2.35. The maximum atomic E-state index is 5.85. The van der Waals surface area contributed by atoms with E-state index in [0.717, 1.165) is 25.3 Å². The van der Waals surface area contributed by atoms with Crippen molar-refractivity contribution in [2.45, 2.75) is 25.0 Å². The second-order valence-electron chi connectivity index (χ2n) is 6.09. The van der Waals surface area contributed by atoms with Crippen molar-refractivity contribution in [1.82, 2.24) is 9.88 Å². The number of pyridine rings is 1. The Hall–Kier alpha value is -2.07. The number of nitrogens with zero attached hydrogens (tertiary/aromatic N) is 3. The van der Waals surface area contributed by atoms with Crippen LogP contribution >= 0.6 is 0 Å². The molecule has 0 saturated carbocycles. The summed E-state index contributed by atoms with van der Waals surface area (Å²) >= 11 is 0. The van der Waals surface area contributed by atoms with Gasteiger partial charge in [0.15, 0.2) is 0 Å². The van der Waals surface area contributed by atoms with Crippen LogP contribution in [0.2, 0.25) is 0 Å². The van der Waals surface area contributed by atoms with Gasteiger partial charge < -0.3 is 10.6 Å². The summed E-state index contributed by atoms with van der Waals surface area (Å²) in [6.45, 7) is 3.28. The zero-order valence-corrected chi connectivity index (χ0v) is 12.0. The summed E-state index contributed by atoms with van der Waals surface area (Å²) in [4.78, 5) is 9.29. The number of aromatic nitrogens is 1. The third-order valence-electron chi connectivity index (χ3n) is 4.66. The van der Waals surface area contributed by atoms with E-state index in [2.05, 4.69) is 45.1 Å². The normalized spacial score (nSPS) is 24.7. The minimum absolute atomic E-state index is 0.599. The Labute approximate surface area is 125 Å². The van der Waals surface area contributed by atoms with Crippen LogP contribution in [0.1, 0.15) is 12.0 Å². The van der Waals surface area contributed by atoms with Crippen LogP contribution in [-0.4, -0.2) is 35.1 Å². The Balaban J connectivity index is 1.46. The molecule has 2 aliphatic rings. The number of fused-ring (bicyclic) bond motifs is 2. The van der Waals surface area contributed by atoms with Gasteiger partial charge in [0.25, 0.3) is 0 Å².